The van der Waals surface area contributed by atoms with Crippen molar-refractivity contribution in [1.82, 2.24) is 10.3 Å². The molecule has 2 aromatic carbocycles. The number of carbonyl (C=O) groups is 2. The molecule has 1 amide bonds. The Balaban J connectivity index is 2.00. The molecule has 0 bridgehead atoms. The third-order valence-electron chi connectivity index (χ3n) is 4.77. The van der Waals surface area contributed by atoms with Gasteiger partial charge in [0.05, 0.1) is 31.0 Å². The summed E-state index contributed by atoms with van der Waals surface area (Å²) in [4.78, 5) is 30.2. The van der Waals surface area contributed by atoms with Gasteiger partial charge >= 0.3 is 5.97 Å². The largest absolute Gasteiger partial charge is 0.493 e. The minimum absolute atomic E-state index is 0.329. The molecule has 0 radical (unpaired) electrons. The Kier molecular flexibility index (Phi) is 6.67. The molecule has 168 valence electrons. The van der Waals surface area contributed by atoms with E-state index in [1.807, 2.05) is 45.0 Å². The molecule has 1 atom stereocenters. The van der Waals surface area contributed by atoms with Gasteiger partial charge in [-0.2, -0.15) is 0 Å². The first-order chi connectivity index (χ1) is 15.1. The normalized spacial score (nSPS) is 12.2. The average Bonchev–Trinajstić information content (AvgIpc) is 2.76. The van der Waals surface area contributed by atoms with Crippen LogP contribution < -0.4 is 14.8 Å². The molecule has 3 aromatic rings. The van der Waals surface area contributed by atoms with E-state index < -0.39 is 17.6 Å². The minimum atomic E-state index is -0.946. The predicted octanol–water partition coefficient (Wildman–Crippen LogP) is 4.38. The van der Waals surface area contributed by atoms with Crippen molar-refractivity contribution in [2.45, 2.75) is 39.3 Å². The van der Waals surface area contributed by atoms with Gasteiger partial charge in [-0.1, -0.05) is 18.2 Å². The number of rotatable bonds is 6. The van der Waals surface area contributed by atoms with E-state index in [0.717, 1.165) is 5.56 Å². The highest BCUT2D eigenvalue weighted by molar-refractivity contribution is 6.05. The number of fused-ring (bicyclic) bond motifs is 1. The van der Waals surface area contributed by atoms with E-state index in [1.165, 1.54) is 0 Å². The Morgan fingerprint density at radius 3 is 2.31 bits per heavy atom. The number of nitrogens with zero attached hydrogens (tertiary/aromatic N) is 1. The molecule has 7 heteroatoms. The van der Waals surface area contributed by atoms with E-state index >= 15 is 0 Å². The third-order valence-corrected chi connectivity index (χ3v) is 4.77. The van der Waals surface area contributed by atoms with Crippen LogP contribution in [0.3, 0.4) is 0 Å². The molecule has 3 rings (SSSR count). The van der Waals surface area contributed by atoms with Crippen molar-refractivity contribution in [2.75, 3.05) is 14.2 Å². The standard InChI is InChI=1S/C25H28N2O5/c1-15(23(28)27-25(2,3)4)32-24(29)18-14-20(26-19-10-8-7-9-17(18)19)16-11-12-21(30-5)22(13-16)31-6/h7-15H,1-6H3,(H,27,28). The summed E-state index contributed by atoms with van der Waals surface area (Å²) in [6.45, 7) is 7.15. The molecule has 7 nitrogen and oxygen atoms in total. The molecule has 0 aliphatic carbocycles. The van der Waals surface area contributed by atoms with Gasteiger partial charge in [-0.3, -0.25) is 4.79 Å². The molecule has 0 saturated carbocycles. The molecule has 0 aliphatic rings. The summed E-state index contributed by atoms with van der Waals surface area (Å²) in [5, 5.41) is 3.46. The lowest BCUT2D eigenvalue weighted by Gasteiger charge is -2.23. The maximum absolute atomic E-state index is 13.1. The number of pyridine rings is 1. The van der Waals surface area contributed by atoms with Gasteiger partial charge in [-0.05, 0) is 58.0 Å². The number of methoxy groups -OCH3 is 2. The Morgan fingerprint density at radius 1 is 0.969 bits per heavy atom. The molecule has 0 aliphatic heterocycles. The van der Waals surface area contributed by atoms with Crippen LogP contribution in [-0.2, 0) is 9.53 Å². The second-order valence-corrected chi connectivity index (χ2v) is 8.43. The quantitative estimate of drug-likeness (QED) is 0.577. The number of amides is 1. The highest BCUT2D eigenvalue weighted by Crippen LogP contribution is 2.33. The fourth-order valence-electron chi connectivity index (χ4n) is 3.24. The second kappa shape index (κ2) is 9.26. The zero-order valence-corrected chi connectivity index (χ0v) is 19.2. The summed E-state index contributed by atoms with van der Waals surface area (Å²) in [6.07, 6.45) is -0.946. The summed E-state index contributed by atoms with van der Waals surface area (Å²) >= 11 is 0. The predicted molar refractivity (Wildman–Crippen MR) is 123 cm³/mol. The van der Waals surface area contributed by atoms with E-state index in [9.17, 15) is 9.59 Å². The third kappa shape index (κ3) is 5.17. The van der Waals surface area contributed by atoms with Crippen LogP contribution in [0.2, 0.25) is 0 Å². The molecule has 0 spiro atoms. The lowest BCUT2D eigenvalue weighted by molar-refractivity contribution is -0.130. The SMILES string of the molecule is COc1ccc(-c2cc(C(=O)OC(C)C(=O)NC(C)(C)C)c3ccccc3n2)cc1OC. The first kappa shape index (κ1) is 23.1. The fraction of sp³-hybridized carbons (Fsp3) is 0.320. The smallest absolute Gasteiger partial charge is 0.339 e. The summed E-state index contributed by atoms with van der Waals surface area (Å²) in [5.74, 6) is 0.193. The van der Waals surface area contributed by atoms with Crippen LogP contribution in [0.25, 0.3) is 22.2 Å². The van der Waals surface area contributed by atoms with Crippen molar-refractivity contribution >= 4 is 22.8 Å². The Hall–Kier alpha value is -3.61. The molecule has 0 fully saturated rings. The van der Waals surface area contributed by atoms with Gasteiger partial charge in [-0.15, -0.1) is 0 Å². The van der Waals surface area contributed by atoms with Gasteiger partial charge in [0.25, 0.3) is 5.91 Å². The number of hydrogen-bond acceptors (Lipinski definition) is 6. The zero-order chi connectivity index (χ0) is 23.5. The summed E-state index contributed by atoms with van der Waals surface area (Å²) < 4.78 is 16.2. The van der Waals surface area contributed by atoms with Crippen LogP contribution in [0.15, 0.2) is 48.5 Å². The summed E-state index contributed by atoms with van der Waals surface area (Å²) in [5.41, 5.74) is 1.86. The van der Waals surface area contributed by atoms with E-state index in [2.05, 4.69) is 5.32 Å². The van der Waals surface area contributed by atoms with Crippen molar-refractivity contribution < 1.29 is 23.8 Å². The van der Waals surface area contributed by atoms with E-state index in [1.54, 1.807) is 45.4 Å². The minimum Gasteiger partial charge on any atom is -0.493 e. The Labute approximate surface area is 187 Å². The maximum atomic E-state index is 13.1. The van der Waals surface area contributed by atoms with Gasteiger partial charge < -0.3 is 19.5 Å². The molecule has 32 heavy (non-hydrogen) atoms. The number of aromatic nitrogens is 1. The fourth-order valence-corrected chi connectivity index (χ4v) is 3.24. The monoisotopic (exact) mass is 436 g/mol. The van der Waals surface area contributed by atoms with Crippen LogP contribution in [0.4, 0.5) is 0 Å². The first-order valence-electron chi connectivity index (χ1n) is 10.3. The summed E-state index contributed by atoms with van der Waals surface area (Å²) in [7, 11) is 3.12. The van der Waals surface area contributed by atoms with Crippen molar-refractivity contribution in [1.29, 1.82) is 0 Å². The molecule has 1 heterocycles. The Bertz CT molecular complexity index is 1150. The van der Waals surface area contributed by atoms with Crippen molar-refractivity contribution in [3.05, 3.63) is 54.1 Å². The second-order valence-electron chi connectivity index (χ2n) is 8.43. The molecular weight excluding hydrogens is 408 g/mol. The lowest BCUT2D eigenvalue weighted by atomic mass is 10.0. The number of nitrogens with one attached hydrogen (secondary N) is 1. The van der Waals surface area contributed by atoms with E-state index in [0.29, 0.717) is 33.7 Å². The van der Waals surface area contributed by atoms with Crippen LogP contribution in [0.5, 0.6) is 11.5 Å². The van der Waals surface area contributed by atoms with Gasteiger partial charge in [0.15, 0.2) is 17.6 Å². The number of carbonyl (C=O) groups excluding carboxylic acids is 2. The molecule has 1 aromatic heterocycles. The van der Waals surface area contributed by atoms with Crippen molar-refractivity contribution in [2.24, 2.45) is 0 Å². The first-order valence-corrected chi connectivity index (χ1v) is 10.3. The number of benzene rings is 2. The van der Waals surface area contributed by atoms with Crippen molar-refractivity contribution in [3.8, 4) is 22.8 Å². The highest BCUT2D eigenvalue weighted by Gasteiger charge is 2.24. The average molecular weight is 437 g/mol. The molecular formula is C25H28N2O5. The van der Waals surface area contributed by atoms with Crippen LogP contribution in [0, 0.1) is 0 Å². The molecule has 0 saturated heterocycles. The van der Waals surface area contributed by atoms with E-state index in [4.69, 9.17) is 19.2 Å². The Morgan fingerprint density at radius 2 is 1.66 bits per heavy atom. The highest BCUT2D eigenvalue weighted by atomic mass is 16.5. The van der Waals surface area contributed by atoms with Crippen LogP contribution in [0.1, 0.15) is 38.1 Å². The topological polar surface area (TPSA) is 86.8 Å². The van der Waals surface area contributed by atoms with Gasteiger partial charge in [0.1, 0.15) is 0 Å². The van der Waals surface area contributed by atoms with Crippen molar-refractivity contribution in [3.63, 3.8) is 0 Å². The van der Waals surface area contributed by atoms with Gasteiger partial charge in [0, 0.05) is 16.5 Å². The maximum Gasteiger partial charge on any atom is 0.339 e. The number of hydrogen-bond donors (Lipinski definition) is 1. The zero-order valence-electron chi connectivity index (χ0n) is 19.2. The molecule has 1 N–H and O–H groups in total. The number of esters is 1. The van der Waals surface area contributed by atoms with Gasteiger partial charge in [0.2, 0.25) is 0 Å². The van der Waals surface area contributed by atoms with Gasteiger partial charge in [-0.25, -0.2) is 9.78 Å². The summed E-state index contributed by atoms with van der Waals surface area (Å²) in [6, 6.07) is 14.4. The van der Waals surface area contributed by atoms with E-state index in [-0.39, 0.29) is 5.91 Å². The number of ether oxygens (including phenoxy) is 3. The lowest BCUT2D eigenvalue weighted by Crippen LogP contribution is -2.46. The number of para-hydroxylation sites is 1. The van der Waals surface area contributed by atoms with Crippen LogP contribution >= 0.6 is 0 Å². The van der Waals surface area contributed by atoms with Crippen LogP contribution in [-0.4, -0.2) is 42.7 Å². The molecule has 1 unspecified atom stereocenters.